The average molecular weight is 329 g/mol. The third-order valence-corrected chi connectivity index (χ3v) is 8.25. The van der Waals surface area contributed by atoms with Crippen molar-refractivity contribution in [3.63, 3.8) is 0 Å². The Morgan fingerprint density at radius 3 is 2.75 bits per heavy atom. The normalized spacial score (nSPS) is 50.2. The summed E-state index contributed by atoms with van der Waals surface area (Å²) in [5.74, 6) is 1.92. The largest absolute Gasteiger partial charge is 0.383 e. The minimum absolute atomic E-state index is 0.150. The maximum atomic E-state index is 11.9. The van der Waals surface area contributed by atoms with Crippen LogP contribution in [0.25, 0.3) is 10.4 Å². The van der Waals surface area contributed by atoms with Gasteiger partial charge in [-0.25, -0.2) is 0 Å². The number of hydrogen-bond donors (Lipinski definition) is 1. The van der Waals surface area contributed by atoms with E-state index in [2.05, 4.69) is 29.9 Å². The summed E-state index contributed by atoms with van der Waals surface area (Å²) in [6, 6.07) is 0. The lowest BCUT2D eigenvalue weighted by Gasteiger charge is -2.58. The van der Waals surface area contributed by atoms with Crippen molar-refractivity contribution in [2.45, 2.75) is 70.9 Å². The van der Waals surface area contributed by atoms with Gasteiger partial charge in [0.25, 0.3) is 0 Å². The molecule has 3 saturated carbocycles. The van der Waals surface area contributed by atoms with Gasteiger partial charge in [-0.05, 0) is 67.2 Å². The third-order valence-electron chi connectivity index (χ3n) is 8.25. The van der Waals surface area contributed by atoms with Gasteiger partial charge in [-0.15, -0.1) is 0 Å². The molecular formula is C19H27N3O2. The molecule has 0 aromatic rings. The topological polar surface area (TPSA) is 86.1 Å². The van der Waals surface area contributed by atoms with E-state index in [-0.39, 0.29) is 10.8 Å². The van der Waals surface area contributed by atoms with Gasteiger partial charge in [0.1, 0.15) is 11.5 Å². The molecule has 0 heterocycles. The van der Waals surface area contributed by atoms with E-state index in [1.807, 2.05) is 0 Å². The first-order valence-electron chi connectivity index (χ1n) is 9.34. The number of carbonyl (C=O) groups is 1. The summed E-state index contributed by atoms with van der Waals surface area (Å²) in [4.78, 5) is 14.8. The Labute approximate surface area is 143 Å². The summed E-state index contributed by atoms with van der Waals surface area (Å²) >= 11 is 0. The van der Waals surface area contributed by atoms with Gasteiger partial charge in [0.05, 0.1) is 0 Å². The molecule has 0 spiro atoms. The van der Waals surface area contributed by atoms with Crippen molar-refractivity contribution in [1.29, 1.82) is 0 Å². The summed E-state index contributed by atoms with van der Waals surface area (Å²) in [6.07, 6.45) is 9.14. The zero-order valence-corrected chi connectivity index (χ0v) is 14.7. The maximum Gasteiger partial charge on any atom is 0.149 e. The highest BCUT2D eigenvalue weighted by molar-refractivity contribution is 5.82. The second-order valence-electron chi connectivity index (χ2n) is 8.98. The Kier molecular flexibility index (Phi) is 3.43. The Hall–Kier alpha value is -1.32. The number of ketones is 1. The molecule has 0 amide bonds. The van der Waals surface area contributed by atoms with Gasteiger partial charge in [0.2, 0.25) is 0 Å². The van der Waals surface area contributed by atoms with Gasteiger partial charge in [-0.3, -0.25) is 4.79 Å². The highest BCUT2D eigenvalue weighted by Crippen LogP contribution is 2.67. The van der Waals surface area contributed by atoms with Crippen LogP contribution in [0, 0.1) is 28.6 Å². The molecular weight excluding hydrogens is 302 g/mol. The molecule has 24 heavy (non-hydrogen) atoms. The van der Waals surface area contributed by atoms with Crippen LogP contribution in [0.15, 0.2) is 16.8 Å². The van der Waals surface area contributed by atoms with Crippen molar-refractivity contribution >= 4 is 5.78 Å². The summed E-state index contributed by atoms with van der Waals surface area (Å²) in [5, 5.41) is 14.8. The highest BCUT2D eigenvalue weighted by Gasteiger charge is 2.63. The van der Waals surface area contributed by atoms with Crippen molar-refractivity contribution in [2.75, 3.05) is 0 Å². The fourth-order valence-corrected chi connectivity index (χ4v) is 6.71. The maximum absolute atomic E-state index is 11.9. The third kappa shape index (κ3) is 1.91. The molecule has 4 aliphatic rings. The molecule has 6 atom stereocenters. The van der Waals surface area contributed by atoms with Gasteiger partial charge in [-0.1, -0.05) is 30.6 Å². The Morgan fingerprint density at radius 1 is 1.25 bits per heavy atom. The Morgan fingerprint density at radius 2 is 2.00 bits per heavy atom. The Balaban J connectivity index is 1.70. The van der Waals surface area contributed by atoms with Crippen molar-refractivity contribution < 1.29 is 9.90 Å². The minimum atomic E-state index is -1.23. The van der Waals surface area contributed by atoms with E-state index < -0.39 is 5.72 Å². The Bertz CT molecular complexity index is 668. The van der Waals surface area contributed by atoms with E-state index in [4.69, 9.17) is 5.53 Å². The van der Waals surface area contributed by atoms with Crippen LogP contribution < -0.4 is 0 Å². The first-order valence-corrected chi connectivity index (χ1v) is 9.34. The summed E-state index contributed by atoms with van der Waals surface area (Å²) in [5.41, 5.74) is 8.88. The molecule has 0 saturated heterocycles. The number of hydrogen-bond acceptors (Lipinski definition) is 3. The second kappa shape index (κ2) is 5.09. The summed E-state index contributed by atoms with van der Waals surface area (Å²) in [6.45, 7) is 4.49. The molecule has 0 aliphatic heterocycles. The molecule has 3 fully saturated rings. The molecule has 5 nitrogen and oxygen atoms in total. The number of azide groups is 1. The predicted octanol–water partition coefficient (Wildman–Crippen LogP) is 4.52. The van der Waals surface area contributed by atoms with E-state index in [1.165, 1.54) is 5.57 Å². The van der Waals surface area contributed by atoms with Crippen molar-refractivity contribution in [3.05, 3.63) is 22.1 Å². The van der Waals surface area contributed by atoms with Gasteiger partial charge in [-0.2, -0.15) is 0 Å². The molecule has 0 aromatic heterocycles. The predicted molar refractivity (Wildman–Crippen MR) is 90.8 cm³/mol. The standard InChI is InChI=1S/C19H27N3O2/c1-17-8-5-13(23)11-12(17)3-4-14-15(17)6-9-18(2)16(14)7-10-19(18,24)21-22-20/h3,14-16,24H,4-11H2,1-2H3/t14?,15-,16-,17+,18+,19+/m1/s1. The molecule has 4 rings (SSSR count). The zero-order valence-electron chi connectivity index (χ0n) is 14.7. The molecule has 0 aromatic carbocycles. The van der Waals surface area contributed by atoms with Crippen molar-refractivity contribution in [1.82, 2.24) is 0 Å². The highest BCUT2D eigenvalue weighted by atomic mass is 16.3. The lowest BCUT2D eigenvalue weighted by Crippen LogP contribution is -2.53. The number of rotatable bonds is 1. The zero-order chi connectivity index (χ0) is 17.2. The first kappa shape index (κ1) is 16.2. The monoisotopic (exact) mass is 329 g/mol. The van der Waals surface area contributed by atoms with Crippen molar-refractivity contribution in [3.8, 4) is 0 Å². The first-order chi connectivity index (χ1) is 11.3. The number of Topliss-reactive ketones (excluding diaryl/α,β-unsaturated/α-hetero) is 1. The van der Waals surface area contributed by atoms with Gasteiger partial charge >= 0.3 is 0 Å². The van der Waals surface area contributed by atoms with Crippen LogP contribution in [0.5, 0.6) is 0 Å². The lowest BCUT2D eigenvalue weighted by molar-refractivity contribution is -0.128. The van der Waals surface area contributed by atoms with Crippen LogP contribution in [0.4, 0.5) is 0 Å². The molecule has 1 N–H and O–H groups in total. The van der Waals surface area contributed by atoms with E-state index in [0.29, 0.717) is 42.8 Å². The SMILES string of the molecule is C[C@]12CCC(=O)CC1=CCC1[C@H]2CC[C@@]2(C)[C@@H]1CC[C@@]2(O)N=[N+]=[N-]. The van der Waals surface area contributed by atoms with Crippen LogP contribution in [-0.4, -0.2) is 16.6 Å². The average Bonchev–Trinajstić information content (AvgIpc) is 2.80. The van der Waals surface area contributed by atoms with Gasteiger partial charge < -0.3 is 5.11 Å². The summed E-state index contributed by atoms with van der Waals surface area (Å²) < 4.78 is 0. The molecule has 5 heteroatoms. The van der Waals surface area contributed by atoms with Crippen LogP contribution in [0.3, 0.4) is 0 Å². The number of allylic oxidation sites excluding steroid dienone is 2. The fraction of sp³-hybridized carbons (Fsp3) is 0.842. The number of nitrogens with zero attached hydrogens (tertiary/aromatic N) is 3. The van der Waals surface area contributed by atoms with Crippen LogP contribution in [-0.2, 0) is 4.79 Å². The van der Waals surface area contributed by atoms with E-state index >= 15 is 0 Å². The number of fused-ring (bicyclic) bond motifs is 5. The smallest absolute Gasteiger partial charge is 0.149 e. The quantitative estimate of drug-likeness (QED) is 0.332. The fourth-order valence-electron chi connectivity index (χ4n) is 6.71. The number of aliphatic hydroxyl groups is 1. The summed E-state index contributed by atoms with van der Waals surface area (Å²) in [7, 11) is 0. The molecule has 4 aliphatic carbocycles. The van der Waals surface area contributed by atoms with Crippen LogP contribution >= 0.6 is 0 Å². The lowest BCUT2D eigenvalue weighted by atomic mass is 9.47. The van der Waals surface area contributed by atoms with Gasteiger partial charge in [0.15, 0.2) is 0 Å². The minimum Gasteiger partial charge on any atom is -0.383 e. The van der Waals surface area contributed by atoms with Crippen LogP contribution in [0.1, 0.15) is 65.2 Å². The van der Waals surface area contributed by atoms with E-state index in [0.717, 1.165) is 32.1 Å². The van der Waals surface area contributed by atoms with Crippen LogP contribution in [0.2, 0.25) is 0 Å². The molecule has 0 radical (unpaired) electrons. The molecule has 130 valence electrons. The number of carbonyl (C=O) groups excluding carboxylic acids is 1. The molecule has 1 unspecified atom stereocenters. The van der Waals surface area contributed by atoms with Crippen molar-refractivity contribution in [2.24, 2.45) is 33.7 Å². The van der Waals surface area contributed by atoms with E-state index in [1.54, 1.807) is 0 Å². The van der Waals surface area contributed by atoms with E-state index in [9.17, 15) is 9.90 Å². The van der Waals surface area contributed by atoms with Gasteiger partial charge in [0, 0.05) is 23.2 Å². The molecule has 0 bridgehead atoms. The second-order valence-corrected chi connectivity index (χ2v) is 8.98.